The van der Waals surface area contributed by atoms with Crippen LogP contribution in [0.4, 0.5) is 0 Å². The van der Waals surface area contributed by atoms with E-state index in [1.807, 2.05) is 0 Å². The highest BCUT2D eigenvalue weighted by atomic mass is 16.5. The topological polar surface area (TPSA) is 24.5 Å². The number of nitrogens with zero attached hydrogens (tertiary/aromatic N) is 1. The highest BCUT2D eigenvalue weighted by Gasteiger charge is 2.31. The van der Waals surface area contributed by atoms with Crippen LogP contribution in [0.3, 0.4) is 0 Å². The molecule has 0 amide bonds. The Morgan fingerprint density at radius 3 is 2.65 bits per heavy atom. The first-order valence-electron chi connectivity index (χ1n) is 7.47. The molecule has 3 rings (SSSR count). The molecule has 98 valence electrons. The molecule has 3 nitrogen and oxygen atoms in total. The van der Waals surface area contributed by atoms with Crippen LogP contribution < -0.4 is 5.32 Å². The summed E-state index contributed by atoms with van der Waals surface area (Å²) in [7, 11) is 0. The monoisotopic (exact) mass is 238 g/mol. The molecule has 1 saturated carbocycles. The predicted molar refractivity (Wildman–Crippen MR) is 69.2 cm³/mol. The van der Waals surface area contributed by atoms with Gasteiger partial charge in [0, 0.05) is 31.8 Å². The van der Waals surface area contributed by atoms with Crippen LogP contribution in [0.25, 0.3) is 0 Å². The van der Waals surface area contributed by atoms with Crippen LogP contribution in [-0.2, 0) is 4.74 Å². The molecule has 0 aromatic heterocycles. The first-order valence-corrected chi connectivity index (χ1v) is 7.47. The molecule has 1 aliphatic carbocycles. The van der Waals surface area contributed by atoms with Crippen molar-refractivity contribution < 1.29 is 4.74 Å². The number of ether oxygens (including phenoxy) is 1. The molecular formula is C14H26N2O. The highest BCUT2D eigenvalue weighted by Crippen LogP contribution is 2.31. The van der Waals surface area contributed by atoms with Crippen LogP contribution >= 0.6 is 0 Å². The third-order valence-electron chi connectivity index (χ3n) is 4.46. The van der Waals surface area contributed by atoms with Crippen LogP contribution in [0.5, 0.6) is 0 Å². The average Bonchev–Trinajstić information content (AvgIpc) is 3.04. The van der Waals surface area contributed by atoms with E-state index in [2.05, 4.69) is 10.2 Å². The molecule has 2 saturated heterocycles. The van der Waals surface area contributed by atoms with Gasteiger partial charge in [0.15, 0.2) is 0 Å². The van der Waals surface area contributed by atoms with Gasteiger partial charge in [-0.25, -0.2) is 0 Å². The number of hydrogen-bond acceptors (Lipinski definition) is 3. The van der Waals surface area contributed by atoms with Gasteiger partial charge in [0.25, 0.3) is 0 Å². The largest absolute Gasteiger partial charge is 0.380 e. The van der Waals surface area contributed by atoms with Gasteiger partial charge in [-0.1, -0.05) is 0 Å². The molecule has 0 aromatic carbocycles. The van der Waals surface area contributed by atoms with E-state index in [1.54, 1.807) is 0 Å². The van der Waals surface area contributed by atoms with Crippen molar-refractivity contribution in [3.63, 3.8) is 0 Å². The summed E-state index contributed by atoms with van der Waals surface area (Å²) in [6, 6.07) is 1.45. The molecule has 3 fully saturated rings. The molecule has 2 aliphatic heterocycles. The van der Waals surface area contributed by atoms with Crippen molar-refractivity contribution in [1.82, 2.24) is 10.2 Å². The Bertz CT molecular complexity index is 230. The fourth-order valence-electron chi connectivity index (χ4n) is 3.21. The summed E-state index contributed by atoms with van der Waals surface area (Å²) in [5.41, 5.74) is 0. The molecule has 1 N–H and O–H groups in total. The Morgan fingerprint density at radius 1 is 1.06 bits per heavy atom. The predicted octanol–water partition coefficient (Wildman–Crippen LogP) is 1.63. The van der Waals surface area contributed by atoms with E-state index < -0.39 is 0 Å². The van der Waals surface area contributed by atoms with E-state index >= 15 is 0 Å². The van der Waals surface area contributed by atoms with E-state index in [-0.39, 0.29) is 0 Å². The molecule has 0 aromatic rings. The van der Waals surface area contributed by atoms with Crippen molar-refractivity contribution in [3.05, 3.63) is 0 Å². The lowest BCUT2D eigenvalue weighted by Gasteiger charge is -2.36. The summed E-state index contributed by atoms with van der Waals surface area (Å²) in [5, 5.41) is 3.64. The van der Waals surface area contributed by atoms with Crippen molar-refractivity contribution in [2.75, 3.05) is 32.8 Å². The third-order valence-corrected chi connectivity index (χ3v) is 4.46. The Kier molecular flexibility index (Phi) is 3.99. The second-order valence-corrected chi connectivity index (χ2v) is 6.06. The molecule has 0 bridgehead atoms. The maximum atomic E-state index is 5.67. The molecule has 2 heterocycles. The van der Waals surface area contributed by atoms with E-state index in [1.165, 1.54) is 58.2 Å². The summed E-state index contributed by atoms with van der Waals surface area (Å²) < 4.78 is 5.67. The lowest BCUT2D eigenvalue weighted by atomic mass is 10.1. The van der Waals surface area contributed by atoms with E-state index in [0.717, 1.165) is 25.2 Å². The molecular weight excluding hydrogens is 212 g/mol. The Labute approximate surface area is 105 Å². The minimum atomic E-state index is 0.701. The number of rotatable bonds is 5. The second-order valence-electron chi connectivity index (χ2n) is 6.06. The van der Waals surface area contributed by atoms with Crippen molar-refractivity contribution in [3.8, 4) is 0 Å². The van der Waals surface area contributed by atoms with Gasteiger partial charge in [0.1, 0.15) is 0 Å². The minimum Gasteiger partial charge on any atom is -0.380 e. The lowest BCUT2D eigenvalue weighted by molar-refractivity contribution is 0.0132. The standard InChI is InChI=1S/C14H26N2O/c1-3-13(15-7-1)10-16(9-12-5-6-12)14-4-2-8-17-11-14/h12-15H,1-11H2. The van der Waals surface area contributed by atoms with Crippen LogP contribution in [0.15, 0.2) is 0 Å². The van der Waals surface area contributed by atoms with Gasteiger partial charge in [0.05, 0.1) is 6.61 Å². The fourth-order valence-corrected chi connectivity index (χ4v) is 3.21. The summed E-state index contributed by atoms with van der Waals surface area (Å²) in [4.78, 5) is 2.74. The molecule has 0 spiro atoms. The van der Waals surface area contributed by atoms with E-state index in [0.29, 0.717) is 6.04 Å². The van der Waals surface area contributed by atoms with Crippen LogP contribution in [0.2, 0.25) is 0 Å². The van der Waals surface area contributed by atoms with Crippen molar-refractivity contribution in [2.24, 2.45) is 5.92 Å². The van der Waals surface area contributed by atoms with Crippen LogP contribution in [-0.4, -0.2) is 49.8 Å². The van der Waals surface area contributed by atoms with E-state index in [9.17, 15) is 0 Å². The summed E-state index contributed by atoms with van der Waals surface area (Å²) >= 11 is 0. The first kappa shape index (κ1) is 11.9. The second kappa shape index (κ2) is 5.68. The maximum Gasteiger partial charge on any atom is 0.0621 e. The Balaban J connectivity index is 1.54. The summed E-state index contributed by atoms with van der Waals surface area (Å²) in [5.74, 6) is 0.998. The summed E-state index contributed by atoms with van der Waals surface area (Å²) in [6.45, 7) is 5.76. The zero-order chi connectivity index (χ0) is 11.5. The van der Waals surface area contributed by atoms with Gasteiger partial charge in [-0.15, -0.1) is 0 Å². The lowest BCUT2D eigenvalue weighted by Crippen LogP contribution is -2.47. The highest BCUT2D eigenvalue weighted by molar-refractivity contribution is 4.86. The van der Waals surface area contributed by atoms with Crippen LogP contribution in [0, 0.1) is 5.92 Å². The maximum absolute atomic E-state index is 5.67. The minimum absolute atomic E-state index is 0.701. The normalized spacial score (nSPS) is 34.4. The van der Waals surface area contributed by atoms with Gasteiger partial charge in [-0.05, 0) is 51.0 Å². The van der Waals surface area contributed by atoms with Crippen LogP contribution in [0.1, 0.15) is 38.5 Å². The Hall–Kier alpha value is -0.120. The molecule has 3 aliphatic rings. The third kappa shape index (κ3) is 3.43. The molecule has 17 heavy (non-hydrogen) atoms. The first-order chi connectivity index (χ1) is 8.42. The van der Waals surface area contributed by atoms with Gasteiger partial charge in [0.2, 0.25) is 0 Å². The Morgan fingerprint density at radius 2 is 2.00 bits per heavy atom. The average molecular weight is 238 g/mol. The zero-order valence-corrected chi connectivity index (χ0v) is 10.9. The molecule has 2 atom stereocenters. The fraction of sp³-hybridized carbons (Fsp3) is 1.00. The van der Waals surface area contributed by atoms with Gasteiger partial charge < -0.3 is 10.1 Å². The summed E-state index contributed by atoms with van der Waals surface area (Å²) in [6.07, 6.45) is 8.26. The molecule has 2 unspecified atom stereocenters. The quantitative estimate of drug-likeness (QED) is 0.788. The molecule has 3 heteroatoms. The zero-order valence-electron chi connectivity index (χ0n) is 10.9. The SMILES string of the molecule is C1CNC(CN(CC2CC2)C2CCCOC2)C1. The van der Waals surface area contributed by atoms with Crippen molar-refractivity contribution in [2.45, 2.75) is 50.6 Å². The number of nitrogens with one attached hydrogen (secondary N) is 1. The molecule has 0 radical (unpaired) electrons. The van der Waals surface area contributed by atoms with Crippen molar-refractivity contribution >= 4 is 0 Å². The van der Waals surface area contributed by atoms with E-state index in [4.69, 9.17) is 4.74 Å². The smallest absolute Gasteiger partial charge is 0.0621 e. The van der Waals surface area contributed by atoms with Gasteiger partial charge in [-0.3, -0.25) is 4.90 Å². The van der Waals surface area contributed by atoms with Gasteiger partial charge >= 0.3 is 0 Å². The van der Waals surface area contributed by atoms with Crippen molar-refractivity contribution in [1.29, 1.82) is 0 Å². The number of hydrogen-bond donors (Lipinski definition) is 1. The van der Waals surface area contributed by atoms with Gasteiger partial charge in [-0.2, -0.15) is 0 Å².